The molecule has 4 aromatic rings. The highest BCUT2D eigenvalue weighted by atomic mass is 79.9. The molecule has 0 atom stereocenters. The average molecular weight is 662 g/mol. The molecular formula is C25H14Br2N2O6S2. The Morgan fingerprint density at radius 1 is 0.784 bits per heavy atom. The van der Waals surface area contributed by atoms with Crippen molar-refractivity contribution in [3.8, 4) is 0 Å². The van der Waals surface area contributed by atoms with Gasteiger partial charge in [0.2, 0.25) is 0 Å². The zero-order chi connectivity index (χ0) is 26.3. The highest BCUT2D eigenvalue weighted by Gasteiger charge is 2.26. The van der Waals surface area contributed by atoms with Gasteiger partial charge >= 0.3 is 0 Å². The van der Waals surface area contributed by atoms with Gasteiger partial charge < -0.3 is 8.83 Å². The van der Waals surface area contributed by atoms with Crippen LogP contribution in [0.3, 0.4) is 0 Å². The Morgan fingerprint density at radius 2 is 1.32 bits per heavy atom. The lowest BCUT2D eigenvalue weighted by molar-refractivity contribution is -0.116. The lowest BCUT2D eigenvalue weighted by Crippen LogP contribution is -2.17. The summed E-state index contributed by atoms with van der Waals surface area (Å²) in [5, 5.41) is 5.69. The van der Waals surface area contributed by atoms with Crippen LogP contribution < -0.4 is 10.6 Å². The fraction of sp³-hybridized carbons (Fsp3) is 0.0400. The van der Waals surface area contributed by atoms with Crippen LogP contribution in [0.5, 0.6) is 0 Å². The summed E-state index contributed by atoms with van der Waals surface area (Å²) in [4.78, 5) is 45.8. The fourth-order valence-corrected chi connectivity index (χ4v) is 5.70. The maximum atomic E-state index is 11.5. The summed E-state index contributed by atoms with van der Waals surface area (Å²) in [6.45, 7) is 1.95. The Morgan fingerprint density at radius 3 is 1.86 bits per heavy atom. The Labute approximate surface area is 234 Å². The number of halogens is 2. The minimum absolute atomic E-state index is 0.334. The quantitative estimate of drug-likeness (QED) is 0.214. The van der Waals surface area contributed by atoms with Crippen molar-refractivity contribution < 1.29 is 28.0 Å². The standard InChI is InChI=1S/C13H8BrNO3S.C12H6BrNO3S/c1-6-8-4-7(2-3-9(8)18-11(6)14)5-10-12(16)15-13(17)19-10;13-8-5-17-9-2-1-6(3-7(8)9)4-10-11(15)14-12(16)18-10/h2-5H,1H3,(H,15,16,17);1-5H,(H,14,15,16). The number of aryl methyl sites for hydroxylation is 1. The first-order chi connectivity index (χ1) is 17.7. The molecule has 2 aliphatic heterocycles. The first kappa shape index (κ1) is 25.6. The largest absolute Gasteiger partial charge is 0.463 e. The maximum absolute atomic E-state index is 11.5. The zero-order valence-corrected chi connectivity index (χ0v) is 23.5. The molecule has 0 saturated carbocycles. The van der Waals surface area contributed by atoms with E-state index < -0.39 is 0 Å². The number of thioether (sulfide) groups is 2. The molecule has 2 N–H and O–H groups in total. The molecule has 0 bridgehead atoms. The van der Waals surface area contributed by atoms with Crippen molar-refractivity contribution in [2.45, 2.75) is 6.92 Å². The molecule has 37 heavy (non-hydrogen) atoms. The Balaban J connectivity index is 0.000000152. The van der Waals surface area contributed by atoms with E-state index in [1.54, 1.807) is 18.4 Å². The van der Waals surface area contributed by atoms with Crippen LogP contribution in [0.4, 0.5) is 9.59 Å². The summed E-state index contributed by atoms with van der Waals surface area (Å²) in [5.41, 5.74) is 4.26. The second-order valence-corrected chi connectivity index (χ2v) is 11.4. The highest BCUT2D eigenvalue weighted by molar-refractivity contribution is 9.10. The SMILES string of the molecule is Cc1c(Br)oc2ccc(C=C3SC(=O)NC3=O)cc12.O=C1NC(=O)C(=Cc2ccc3occ(Br)c3c2)S1. The highest BCUT2D eigenvalue weighted by Crippen LogP contribution is 2.32. The molecule has 186 valence electrons. The summed E-state index contributed by atoms with van der Waals surface area (Å²) < 4.78 is 12.4. The topological polar surface area (TPSA) is 119 Å². The van der Waals surface area contributed by atoms with Gasteiger partial charge in [-0.2, -0.15) is 0 Å². The number of carbonyl (C=O) groups is 4. The zero-order valence-electron chi connectivity index (χ0n) is 18.7. The van der Waals surface area contributed by atoms with E-state index in [-0.39, 0.29) is 22.3 Å². The lowest BCUT2D eigenvalue weighted by Gasteiger charge is -1.96. The van der Waals surface area contributed by atoms with Crippen LogP contribution in [0.2, 0.25) is 0 Å². The van der Waals surface area contributed by atoms with Gasteiger partial charge in [-0.15, -0.1) is 0 Å². The minimum Gasteiger partial charge on any atom is -0.463 e. The average Bonchev–Trinajstić information content (AvgIpc) is 3.56. The molecule has 2 aromatic heterocycles. The van der Waals surface area contributed by atoms with Gasteiger partial charge in [0.05, 0.1) is 14.3 Å². The number of imide groups is 2. The Kier molecular flexibility index (Phi) is 7.17. The van der Waals surface area contributed by atoms with E-state index >= 15 is 0 Å². The van der Waals surface area contributed by atoms with Crippen LogP contribution in [0.25, 0.3) is 34.1 Å². The third-order valence-corrected chi connectivity index (χ3v) is 8.32. The second-order valence-electron chi connectivity index (χ2n) is 7.80. The van der Waals surface area contributed by atoms with E-state index in [1.807, 2.05) is 43.3 Å². The number of benzene rings is 2. The monoisotopic (exact) mass is 660 g/mol. The summed E-state index contributed by atoms with van der Waals surface area (Å²) in [6, 6.07) is 11.2. The van der Waals surface area contributed by atoms with Crippen LogP contribution in [0, 0.1) is 6.92 Å². The van der Waals surface area contributed by atoms with Crippen molar-refractivity contribution in [1.82, 2.24) is 10.6 Å². The normalized spacial score (nSPS) is 17.6. The molecule has 0 aliphatic carbocycles. The molecule has 8 nitrogen and oxygen atoms in total. The molecule has 4 heterocycles. The number of amides is 4. The summed E-state index contributed by atoms with van der Waals surface area (Å²) in [6.07, 6.45) is 5.00. The smallest absolute Gasteiger partial charge is 0.290 e. The van der Waals surface area contributed by atoms with Gasteiger partial charge in [0.25, 0.3) is 22.3 Å². The molecule has 6 rings (SSSR count). The van der Waals surface area contributed by atoms with Crippen LogP contribution in [-0.4, -0.2) is 22.3 Å². The van der Waals surface area contributed by atoms with Crippen molar-refractivity contribution in [3.05, 3.63) is 78.3 Å². The van der Waals surface area contributed by atoms with Crippen molar-refractivity contribution in [2.75, 3.05) is 0 Å². The fourth-order valence-electron chi connectivity index (χ4n) is 3.55. The van der Waals surface area contributed by atoms with Gasteiger partial charge in [0, 0.05) is 16.3 Å². The molecule has 0 spiro atoms. The van der Waals surface area contributed by atoms with Crippen molar-refractivity contribution in [2.24, 2.45) is 0 Å². The van der Waals surface area contributed by atoms with Crippen molar-refractivity contribution in [1.29, 1.82) is 0 Å². The molecule has 2 fully saturated rings. The van der Waals surface area contributed by atoms with Crippen LogP contribution >= 0.6 is 55.4 Å². The lowest BCUT2D eigenvalue weighted by atomic mass is 10.1. The predicted molar refractivity (Wildman–Crippen MR) is 151 cm³/mol. The van der Waals surface area contributed by atoms with Gasteiger partial charge in [0.15, 0.2) is 4.67 Å². The maximum Gasteiger partial charge on any atom is 0.290 e. The van der Waals surface area contributed by atoms with Crippen LogP contribution in [0.1, 0.15) is 16.7 Å². The number of hydrogen-bond acceptors (Lipinski definition) is 8. The molecule has 2 aromatic carbocycles. The second kappa shape index (κ2) is 10.4. The first-order valence-electron chi connectivity index (χ1n) is 10.5. The predicted octanol–water partition coefficient (Wildman–Crippen LogP) is 7.35. The number of carbonyl (C=O) groups excluding carboxylic acids is 4. The van der Waals surface area contributed by atoms with E-state index in [0.29, 0.717) is 14.5 Å². The van der Waals surface area contributed by atoms with E-state index in [2.05, 4.69) is 42.5 Å². The molecular weight excluding hydrogens is 648 g/mol. The van der Waals surface area contributed by atoms with E-state index in [9.17, 15) is 19.2 Å². The number of hydrogen-bond donors (Lipinski definition) is 2. The van der Waals surface area contributed by atoms with E-state index in [0.717, 1.165) is 66.6 Å². The minimum atomic E-state index is -0.351. The number of furan rings is 2. The molecule has 2 saturated heterocycles. The molecule has 4 amide bonds. The van der Waals surface area contributed by atoms with Crippen LogP contribution in [0.15, 0.2) is 70.4 Å². The van der Waals surface area contributed by atoms with Crippen molar-refractivity contribution in [3.63, 3.8) is 0 Å². The summed E-state index contributed by atoms with van der Waals surface area (Å²) >= 11 is 8.54. The first-order valence-corrected chi connectivity index (χ1v) is 13.7. The van der Waals surface area contributed by atoms with Gasteiger partial charge in [0.1, 0.15) is 17.4 Å². The number of rotatable bonds is 2. The third kappa shape index (κ3) is 5.47. The van der Waals surface area contributed by atoms with Crippen molar-refractivity contribution >= 4 is 112 Å². The summed E-state index contributed by atoms with van der Waals surface area (Å²) in [7, 11) is 0. The van der Waals surface area contributed by atoms with Gasteiger partial charge in [-0.05, 0) is 110 Å². The van der Waals surface area contributed by atoms with E-state index in [1.165, 1.54) is 0 Å². The van der Waals surface area contributed by atoms with E-state index in [4.69, 9.17) is 8.83 Å². The molecule has 0 unspecified atom stereocenters. The molecule has 0 radical (unpaired) electrons. The number of fused-ring (bicyclic) bond motifs is 2. The number of nitrogens with one attached hydrogen (secondary N) is 2. The third-order valence-electron chi connectivity index (χ3n) is 5.33. The van der Waals surface area contributed by atoms with Gasteiger partial charge in [-0.25, -0.2) is 0 Å². The van der Waals surface area contributed by atoms with Gasteiger partial charge in [-0.1, -0.05) is 12.1 Å². The van der Waals surface area contributed by atoms with Crippen LogP contribution in [-0.2, 0) is 9.59 Å². The Hall–Kier alpha value is -3.06. The summed E-state index contributed by atoms with van der Waals surface area (Å²) in [5.74, 6) is -0.698. The molecule has 2 aliphatic rings. The van der Waals surface area contributed by atoms with Gasteiger partial charge in [-0.3, -0.25) is 29.8 Å². The molecule has 12 heteroatoms. The Bertz CT molecular complexity index is 1700.